The molecule has 3 aromatic carbocycles. The molecule has 0 aliphatic carbocycles. The molecule has 0 bridgehead atoms. The molecule has 154 valence electrons. The summed E-state index contributed by atoms with van der Waals surface area (Å²) >= 11 is 8.05. The summed E-state index contributed by atoms with van der Waals surface area (Å²) in [4.78, 5) is 5.62. The molecule has 0 spiro atoms. The average Bonchev–Trinajstić information content (AvgIpc) is 3.31. The number of fused-ring (bicyclic) bond motifs is 1. The van der Waals surface area contributed by atoms with Gasteiger partial charge in [0.2, 0.25) is 0 Å². The number of nitrogens with one attached hydrogen (secondary N) is 1. The van der Waals surface area contributed by atoms with E-state index >= 15 is 0 Å². The molecule has 0 amide bonds. The van der Waals surface area contributed by atoms with E-state index in [1.165, 1.54) is 17.4 Å². The molecule has 5 aromatic rings. The maximum atomic E-state index is 15.0. The molecule has 5 rings (SSSR count). The number of para-hydroxylation sites is 1. The molecule has 0 unspecified atom stereocenters. The van der Waals surface area contributed by atoms with E-state index in [-0.39, 0.29) is 5.82 Å². The second kappa shape index (κ2) is 7.84. The third-order valence-electron chi connectivity index (χ3n) is 5.36. The van der Waals surface area contributed by atoms with Crippen LogP contribution in [0, 0.1) is 19.7 Å². The number of thiazole rings is 1. The molecule has 1 N–H and O–H groups in total. The second-order valence-electron chi connectivity index (χ2n) is 7.40. The summed E-state index contributed by atoms with van der Waals surface area (Å²) in [6.45, 7) is 3.89. The van der Waals surface area contributed by atoms with Crippen molar-refractivity contribution in [1.82, 2.24) is 9.38 Å². The summed E-state index contributed by atoms with van der Waals surface area (Å²) < 4.78 is 17.0. The fourth-order valence-electron chi connectivity index (χ4n) is 3.80. The number of anilines is 2. The predicted octanol–water partition coefficient (Wildman–Crippen LogP) is 7.88. The minimum atomic E-state index is -0.300. The van der Waals surface area contributed by atoms with Gasteiger partial charge in [-0.25, -0.2) is 9.37 Å². The van der Waals surface area contributed by atoms with Gasteiger partial charge in [-0.2, -0.15) is 0 Å². The van der Waals surface area contributed by atoms with Crippen molar-refractivity contribution in [1.29, 1.82) is 0 Å². The topological polar surface area (TPSA) is 29.3 Å². The van der Waals surface area contributed by atoms with Crippen LogP contribution < -0.4 is 5.32 Å². The number of benzene rings is 3. The average molecular weight is 448 g/mol. The first-order valence-electron chi connectivity index (χ1n) is 9.87. The van der Waals surface area contributed by atoms with Gasteiger partial charge in [-0.1, -0.05) is 66.2 Å². The van der Waals surface area contributed by atoms with Crippen LogP contribution in [0.3, 0.4) is 0 Å². The Balaban J connectivity index is 1.82. The van der Waals surface area contributed by atoms with Crippen LogP contribution in [0.2, 0.25) is 5.02 Å². The molecule has 0 aliphatic heterocycles. The number of aromatic nitrogens is 2. The number of hydrogen-bond donors (Lipinski definition) is 1. The SMILES string of the molecule is Cc1cccc(Cl)c1Nc1c(-c2c(C)cccc2F)nc2scc(-c3ccccc3)n12. The van der Waals surface area contributed by atoms with Gasteiger partial charge in [-0.3, -0.25) is 4.40 Å². The molecule has 0 fully saturated rings. The van der Waals surface area contributed by atoms with Gasteiger partial charge in [0, 0.05) is 10.9 Å². The van der Waals surface area contributed by atoms with Crippen LogP contribution in [0.15, 0.2) is 72.1 Å². The van der Waals surface area contributed by atoms with Gasteiger partial charge in [0.15, 0.2) is 4.96 Å². The lowest BCUT2D eigenvalue weighted by Crippen LogP contribution is -2.01. The van der Waals surface area contributed by atoms with Gasteiger partial charge >= 0.3 is 0 Å². The van der Waals surface area contributed by atoms with Crippen LogP contribution in [-0.2, 0) is 0 Å². The number of nitrogens with zero attached hydrogens (tertiary/aromatic N) is 2. The largest absolute Gasteiger partial charge is 0.338 e. The number of imidazole rings is 1. The Labute approximate surface area is 188 Å². The Bertz CT molecular complexity index is 1370. The number of aryl methyl sites for hydroxylation is 2. The zero-order valence-corrected chi connectivity index (χ0v) is 18.6. The lowest BCUT2D eigenvalue weighted by atomic mass is 10.0. The summed E-state index contributed by atoms with van der Waals surface area (Å²) in [5, 5.41) is 6.16. The van der Waals surface area contributed by atoms with Crippen LogP contribution in [0.1, 0.15) is 11.1 Å². The van der Waals surface area contributed by atoms with Crippen LogP contribution >= 0.6 is 22.9 Å². The summed E-state index contributed by atoms with van der Waals surface area (Å²) in [7, 11) is 0. The van der Waals surface area contributed by atoms with Crippen molar-refractivity contribution in [2.45, 2.75) is 13.8 Å². The normalized spacial score (nSPS) is 11.2. The monoisotopic (exact) mass is 447 g/mol. The highest BCUT2D eigenvalue weighted by molar-refractivity contribution is 7.15. The van der Waals surface area contributed by atoms with E-state index in [9.17, 15) is 4.39 Å². The van der Waals surface area contributed by atoms with Crippen LogP contribution in [-0.4, -0.2) is 9.38 Å². The van der Waals surface area contributed by atoms with Gasteiger partial charge in [-0.05, 0) is 42.7 Å². The van der Waals surface area contributed by atoms with Crippen LogP contribution in [0.4, 0.5) is 15.9 Å². The smallest absolute Gasteiger partial charge is 0.196 e. The predicted molar refractivity (Wildman–Crippen MR) is 128 cm³/mol. The molecule has 3 nitrogen and oxygen atoms in total. The summed E-state index contributed by atoms with van der Waals surface area (Å²) in [6, 6.07) is 20.9. The molecule has 0 aliphatic rings. The molecule has 31 heavy (non-hydrogen) atoms. The highest BCUT2D eigenvalue weighted by Gasteiger charge is 2.23. The zero-order valence-electron chi connectivity index (χ0n) is 17.0. The Morgan fingerprint density at radius 2 is 1.68 bits per heavy atom. The van der Waals surface area contributed by atoms with Crippen LogP contribution in [0.25, 0.3) is 27.5 Å². The molecule has 0 radical (unpaired) electrons. The molecule has 6 heteroatoms. The third-order valence-corrected chi connectivity index (χ3v) is 6.50. The van der Waals surface area contributed by atoms with E-state index in [1.807, 2.05) is 60.7 Å². The summed E-state index contributed by atoms with van der Waals surface area (Å²) in [6.07, 6.45) is 0. The van der Waals surface area contributed by atoms with Gasteiger partial charge < -0.3 is 5.32 Å². The van der Waals surface area contributed by atoms with Crippen molar-refractivity contribution < 1.29 is 4.39 Å². The summed E-state index contributed by atoms with van der Waals surface area (Å²) in [5.41, 5.74) is 5.71. The third kappa shape index (κ3) is 3.40. The Morgan fingerprint density at radius 1 is 0.935 bits per heavy atom. The fourth-order valence-corrected chi connectivity index (χ4v) is 4.97. The first-order chi connectivity index (χ1) is 15.0. The maximum Gasteiger partial charge on any atom is 0.196 e. The minimum absolute atomic E-state index is 0.300. The maximum absolute atomic E-state index is 15.0. The molecule has 0 saturated heterocycles. The van der Waals surface area contributed by atoms with E-state index < -0.39 is 0 Å². The van der Waals surface area contributed by atoms with Crippen molar-refractivity contribution in [3.05, 3.63) is 94.1 Å². The molecule has 0 atom stereocenters. The Morgan fingerprint density at radius 3 is 2.42 bits per heavy atom. The van der Waals surface area contributed by atoms with Gasteiger partial charge in [-0.15, -0.1) is 11.3 Å². The van der Waals surface area contributed by atoms with Crippen molar-refractivity contribution in [3.8, 4) is 22.5 Å². The molecular formula is C25H19ClFN3S. The highest BCUT2D eigenvalue weighted by Crippen LogP contribution is 2.40. The Kier molecular flexibility index (Phi) is 5.00. The fraction of sp³-hybridized carbons (Fsp3) is 0.0800. The van der Waals surface area contributed by atoms with Gasteiger partial charge in [0.05, 0.1) is 16.4 Å². The van der Waals surface area contributed by atoms with E-state index in [4.69, 9.17) is 16.6 Å². The minimum Gasteiger partial charge on any atom is -0.338 e. The lowest BCUT2D eigenvalue weighted by Gasteiger charge is -2.15. The number of halogens is 2. The van der Waals surface area contributed by atoms with E-state index in [0.29, 0.717) is 22.1 Å². The molecule has 2 aromatic heterocycles. The van der Waals surface area contributed by atoms with E-state index in [0.717, 1.165) is 33.0 Å². The van der Waals surface area contributed by atoms with Crippen molar-refractivity contribution in [2.75, 3.05) is 5.32 Å². The van der Waals surface area contributed by atoms with Crippen molar-refractivity contribution >= 4 is 39.4 Å². The van der Waals surface area contributed by atoms with E-state index in [1.54, 1.807) is 6.07 Å². The van der Waals surface area contributed by atoms with Crippen LogP contribution in [0.5, 0.6) is 0 Å². The van der Waals surface area contributed by atoms with Gasteiger partial charge in [0.1, 0.15) is 17.3 Å². The highest BCUT2D eigenvalue weighted by atomic mass is 35.5. The molecular weight excluding hydrogens is 429 g/mol. The Hall–Kier alpha value is -3.15. The quantitative estimate of drug-likeness (QED) is 0.303. The van der Waals surface area contributed by atoms with E-state index in [2.05, 4.69) is 22.8 Å². The molecule has 0 saturated carbocycles. The second-order valence-corrected chi connectivity index (χ2v) is 8.65. The molecule has 2 heterocycles. The zero-order chi connectivity index (χ0) is 21.5. The number of rotatable bonds is 4. The lowest BCUT2D eigenvalue weighted by molar-refractivity contribution is 0.630. The first-order valence-corrected chi connectivity index (χ1v) is 11.1. The standard InChI is InChI=1S/C25H19ClFN3S/c1-15-8-7-13-19(27)21(15)23-24(28-22-16(2)9-6-12-18(22)26)30-20(14-31-25(30)29-23)17-10-4-3-5-11-17/h3-14,28H,1-2H3. The first kappa shape index (κ1) is 19.8. The van der Waals surface area contributed by atoms with Crippen molar-refractivity contribution in [2.24, 2.45) is 0 Å². The summed E-state index contributed by atoms with van der Waals surface area (Å²) in [5.74, 6) is 0.394. The number of hydrogen-bond acceptors (Lipinski definition) is 3. The van der Waals surface area contributed by atoms with Gasteiger partial charge in [0.25, 0.3) is 0 Å². The van der Waals surface area contributed by atoms with Crippen molar-refractivity contribution in [3.63, 3.8) is 0 Å².